The molecule has 0 aliphatic carbocycles. The zero-order valence-corrected chi connectivity index (χ0v) is 16.8. The van der Waals surface area contributed by atoms with Crippen LogP contribution in [0.2, 0.25) is 0 Å². The number of nitrogens with zero attached hydrogens (tertiary/aromatic N) is 4. The maximum Gasteiger partial charge on any atom is 0.453 e. The van der Waals surface area contributed by atoms with Gasteiger partial charge in [0.15, 0.2) is 0 Å². The minimum absolute atomic E-state index is 0. The van der Waals surface area contributed by atoms with Gasteiger partial charge in [0.1, 0.15) is 0 Å². The Hall–Kier alpha value is -2.21. The van der Waals surface area contributed by atoms with Crippen molar-refractivity contribution in [2.45, 2.75) is 44.2 Å². The van der Waals surface area contributed by atoms with Gasteiger partial charge in [0.05, 0.1) is 10.6 Å². The van der Waals surface area contributed by atoms with Gasteiger partial charge in [0.2, 0.25) is 5.95 Å². The highest BCUT2D eigenvalue weighted by molar-refractivity contribution is 7.85. The van der Waals surface area contributed by atoms with Crippen LogP contribution >= 0.6 is 0 Å². The lowest BCUT2D eigenvalue weighted by atomic mass is 9.97. The van der Waals surface area contributed by atoms with Crippen molar-refractivity contribution < 1.29 is 30.8 Å². The molecule has 1 aromatic carbocycles. The Bertz CT molecular complexity index is 954. The smallest absolute Gasteiger partial charge is 0.347 e. The maximum atomic E-state index is 13.1. The van der Waals surface area contributed by atoms with Crippen LogP contribution in [0, 0.1) is 0 Å². The van der Waals surface area contributed by atoms with Crippen molar-refractivity contribution in [2.75, 3.05) is 19.0 Å². The molecule has 0 aliphatic heterocycles. The molecule has 2 rings (SSSR count). The summed E-state index contributed by atoms with van der Waals surface area (Å²) in [5, 5.41) is 3.56. The fourth-order valence-electron chi connectivity index (χ4n) is 2.67. The van der Waals surface area contributed by atoms with E-state index in [1.165, 1.54) is 19.0 Å². The molecule has 1 aromatic heterocycles. The number of benzene rings is 1. The molecule has 2 aromatic rings. The monoisotopic (exact) mass is 426 g/mol. The van der Waals surface area contributed by atoms with Crippen molar-refractivity contribution >= 4 is 16.1 Å². The SMILES string of the molecule is CCc1cc(C(C)C)c(-n2nc(C(F)(F)F)nc2N(C)C)cc1S(=O)(=O)O.F. The van der Waals surface area contributed by atoms with Crippen LogP contribution in [0.5, 0.6) is 0 Å². The molecule has 12 heteroatoms. The molecule has 0 saturated carbocycles. The molecular formula is C16H22F4N4O3S. The van der Waals surface area contributed by atoms with Crippen LogP contribution in [0.1, 0.15) is 43.6 Å². The zero-order valence-electron chi connectivity index (χ0n) is 15.9. The van der Waals surface area contributed by atoms with Gasteiger partial charge < -0.3 is 4.90 Å². The van der Waals surface area contributed by atoms with Gasteiger partial charge in [-0.15, -0.1) is 5.10 Å². The lowest BCUT2D eigenvalue weighted by Crippen LogP contribution is -2.17. The molecule has 0 saturated heterocycles. The molecule has 0 radical (unpaired) electrons. The average Bonchev–Trinajstić information content (AvgIpc) is 2.98. The minimum Gasteiger partial charge on any atom is -0.347 e. The summed E-state index contributed by atoms with van der Waals surface area (Å²) in [5.74, 6) is -1.60. The van der Waals surface area contributed by atoms with E-state index in [2.05, 4.69) is 10.1 Å². The lowest BCUT2D eigenvalue weighted by molar-refractivity contribution is -0.144. The molecule has 0 aliphatic rings. The van der Waals surface area contributed by atoms with Crippen molar-refractivity contribution in [3.05, 3.63) is 29.1 Å². The standard InChI is InChI=1S/C16H21F3N4O3S.FH/c1-6-10-7-11(9(2)3)12(8-13(10)27(24,25)26)23-15(22(4)5)20-14(21-23)16(17,18)19;/h7-9H,6H2,1-5H3,(H,24,25,26);1H. The molecule has 0 atom stereocenters. The van der Waals surface area contributed by atoms with Crippen LogP contribution in [-0.4, -0.2) is 41.8 Å². The quantitative estimate of drug-likeness (QED) is 0.582. The Morgan fingerprint density at radius 3 is 2.21 bits per heavy atom. The molecule has 1 N–H and O–H groups in total. The number of rotatable bonds is 5. The molecule has 0 bridgehead atoms. The van der Waals surface area contributed by atoms with Crippen molar-refractivity contribution in [3.8, 4) is 5.69 Å². The van der Waals surface area contributed by atoms with E-state index in [9.17, 15) is 26.1 Å². The van der Waals surface area contributed by atoms with Gasteiger partial charge in [0.25, 0.3) is 15.9 Å². The molecule has 158 valence electrons. The van der Waals surface area contributed by atoms with Crippen molar-refractivity contribution in [1.82, 2.24) is 14.8 Å². The molecule has 28 heavy (non-hydrogen) atoms. The first-order valence-electron chi connectivity index (χ1n) is 8.13. The largest absolute Gasteiger partial charge is 0.453 e. The summed E-state index contributed by atoms with van der Waals surface area (Å²) >= 11 is 0. The van der Waals surface area contributed by atoms with Gasteiger partial charge >= 0.3 is 6.18 Å². The number of anilines is 1. The van der Waals surface area contributed by atoms with E-state index in [0.29, 0.717) is 17.5 Å². The highest BCUT2D eigenvalue weighted by atomic mass is 32.2. The second-order valence-corrected chi connectivity index (χ2v) is 7.93. The van der Waals surface area contributed by atoms with Crippen molar-refractivity contribution in [3.63, 3.8) is 0 Å². The minimum atomic E-state index is -4.76. The Morgan fingerprint density at radius 2 is 1.82 bits per heavy atom. The highest BCUT2D eigenvalue weighted by Crippen LogP contribution is 2.34. The van der Waals surface area contributed by atoms with E-state index in [0.717, 1.165) is 10.7 Å². The first-order valence-corrected chi connectivity index (χ1v) is 9.57. The summed E-state index contributed by atoms with van der Waals surface area (Å²) in [5.41, 5.74) is 1.06. The molecule has 0 spiro atoms. The van der Waals surface area contributed by atoms with E-state index in [-0.39, 0.29) is 27.2 Å². The number of hydrogen-bond acceptors (Lipinski definition) is 5. The summed E-state index contributed by atoms with van der Waals surface area (Å²) in [6.45, 7) is 5.36. The second-order valence-electron chi connectivity index (χ2n) is 6.54. The molecule has 0 amide bonds. The summed E-state index contributed by atoms with van der Waals surface area (Å²) in [7, 11) is -1.57. The van der Waals surface area contributed by atoms with Crippen LogP contribution in [0.4, 0.5) is 23.8 Å². The maximum absolute atomic E-state index is 13.1. The van der Waals surface area contributed by atoms with Crippen LogP contribution in [-0.2, 0) is 22.7 Å². The Labute approximate surface area is 160 Å². The normalized spacial score (nSPS) is 12.2. The van der Waals surface area contributed by atoms with E-state index < -0.39 is 22.1 Å². The van der Waals surface area contributed by atoms with E-state index in [4.69, 9.17) is 0 Å². The lowest BCUT2D eigenvalue weighted by Gasteiger charge is -2.19. The number of aromatic nitrogens is 3. The summed E-state index contributed by atoms with van der Waals surface area (Å²) in [6, 6.07) is 2.71. The average molecular weight is 426 g/mol. The van der Waals surface area contributed by atoms with Crippen LogP contribution in [0.3, 0.4) is 0 Å². The number of alkyl halides is 3. The third kappa shape index (κ3) is 4.61. The predicted molar refractivity (Wildman–Crippen MR) is 96.5 cm³/mol. The van der Waals surface area contributed by atoms with E-state index >= 15 is 0 Å². The zero-order chi connectivity index (χ0) is 20.7. The van der Waals surface area contributed by atoms with Gasteiger partial charge in [-0.3, -0.25) is 9.26 Å². The fraction of sp³-hybridized carbons (Fsp3) is 0.500. The summed E-state index contributed by atoms with van der Waals surface area (Å²) < 4.78 is 73.4. The van der Waals surface area contributed by atoms with Crippen LogP contribution in [0.25, 0.3) is 5.69 Å². The third-order valence-electron chi connectivity index (χ3n) is 3.96. The molecular weight excluding hydrogens is 404 g/mol. The first kappa shape index (κ1) is 23.8. The van der Waals surface area contributed by atoms with E-state index in [1.807, 2.05) is 13.8 Å². The molecule has 0 unspecified atom stereocenters. The fourth-order valence-corrected chi connectivity index (χ4v) is 3.47. The van der Waals surface area contributed by atoms with Gasteiger partial charge in [-0.25, -0.2) is 0 Å². The molecule has 1 heterocycles. The van der Waals surface area contributed by atoms with Gasteiger partial charge in [-0.1, -0.05) is 26.8 Å². The molecule has 7 nitrogen and oxygen atoms in total. The third-order valence-corrected chi connectivity index (χ3v) is 4.90. The summed E-state index contributed by atoms with van der Waals surface area (Å²) in [4.78, 5) is 4.51. The second kappa shape index (κ2) is 8.03. The Balaban J connectivity index is 0.00000392. The number of aryl methyl sites for hydroxylation is 1. The van der Waals surface area contributed by atoms with Gasteiger partial charge in [0, 0.05) is 14.1 Å². The van der Waals surface area contributed by atoms with Crippen LogP contribution in [0.15, 0.2) is 17.0 Å². The van der Waals surface area contributed by atoms with Crippen molar-refractivity contribution in [1.29, 1.82) is 0 Å². The Morgan fingerprint density at radius 1 is 1.25 bits per heavy atom. The topological polar surface area (TPSA) is 88.3 Å². The Kier molecular flexibility index (Phi) is 6.84. The van der Waals surface area contributed by atoms with Crippen LogP contribution < -0.4 is 4.90 Å². The van der Waals surface area contributed by atoms with Gasteiger partial charge in [-0.2, -0.15) is 31.3 Å². The predicted octanol–water partition coefficient (Wildman–Crippen LogP) is 3.44. The number of hydrogen-bond donors (Lipinski definition) is 1. The highest BCUT2D eigenvalue weighted by Gasteiger charge is 2.38. The first-order chi connectivity index (χ1) is 12.3. The molecule has 0 fully saturated rings. The summed E-state index contributed by atoms with van der Waals surface area (Å²) in [6.07, 6.45) is -4.44. The van der Waals surface area contributed by atoms with Gasteiger partial charge in [-0.05, 0) is 29.5 Å². The van der Waals surface area contributed by atoms with E-state index in [1.54, 1.807) is 13.0 Å². The number of halogens is 4. The van der Waals surface area contributed by atoms with Crippen molar-refractivity contribution in [2.24, 2.45) is 0 Å².